The third-order valence-corrected chi connectivity index (χ3v) is 4.21. The molecular formula is C19H22N4O2. The molecule has 4 N–H and O–H groups in total. The van der Waals surface area contributed by atoms with Gasteiger partial charge in [-0.1, -0.05) is 18.2 Å². The van der Waals surface area contributed by atoms with Crippen LogP contribution in [0, 0.1) is 0 Å². The highest BCUT2D eigenvalue weighted by atomic mass is 16.2. The molecule has 0 radical (unpaired) electrons. The van der Waals surface area contributed by atoms with Crippen LogP contribution in [0.15, 0.2) is 54.6 Å². The molecule has 1 aliphatic rings. The number of carbonyl (C=O) groups excluding carboxylic acids is 2. The van der Waals surface area contributed by atoms with Crippen molar-refractivity contribution in [2.75, 3.05) is 31.9 Å². The minimum Gasteiger partial charge on any atom is -0.399 e. The zero-order valence-corrected chi connectivity index (χ0v) is 13.9. The van der Waals surface area contributed by atoms with Gasteiger partial charge in [0.15, 0.2) is 0 Å². The van der Waals surface area contributed by atoms with Crippen molar-refractivity contribution >= 4 is 17.5 Å². The van der Waals surface area contributed by atoms with Gasteiger partial charge in [0.05, 0.1) is 0 Å². The van der Waals surface area contributed by atoms with Crippen LogP contribution < -0.4 is 16.4 Å². The molecule has 2 aromatic rings. The second kappa shape index (κ2) is 7.81. The van der Waals surface area contributed by atoms with Gasteiger partial charge < -0.3 is 21.3 Å². The average molecular weight is 338 g/mol. The summed E-state index contributed by atoms with van der Waals surface area (Å²) in [7, 11) is 0. The Kier molecular flexibility index (Phi) is 5.30. The van der Waals surface area contributed by atoms with E-state index in [1.807, 2.05) is 18.2 Å². The molecule has 6 heteroatoms. The minimum atomic E-state index is -0.0730. The highest BCUT2D eigenvalue weighted by Gasteiger charge is 2.30. The largest absolute Gasteiger partial charge is 0.399 e. The van der Waals surface area contributed by atoms with Gasteiger partial charge in [-0.15, -0.1) is 0 Å². The number of amides is 2. The summed E-state index contributed by atoms with van der Waals surface area (Å²) in [6, 6.07) is 16.4. The summed E-state index contributed by atoms with van der Waals surface area (Å²) in [5, 5.41) is 6.22. The maximum absolute atomic E-state index is 12.3. The number of carbonyl (C=O) groups is 2. The van der Waals surface area contributed by atoms with E-state index in [0.717, 1.165) is 0 Å². The summed E-state index contributed by atoms with van der Waals surface area (Å²) in [6.07, 6.45) is 0. The normalized spacial score (nSPS) is 14.0. The standard InChI is InChI=1S/C19H22N4O2/c20-16-8-6-15(7-9-16)19(25)23-12-17(13-23)21-10-11-22-18(24)14-4-2-1-3-5-14/h1-9,17,21H,10-13,20H2,(H,22,24). The fraction of sp³-hybridized carbons (Fsp3) is 0.263. The second-order valence-electron chi connectivity index (χ2n) is 6.11. The fourth-order valence-electron chi connectivity index (χ4n) is 2.73. The molecule has 0 atom stereocenters. The number of hydrogen-bond donors (Lipinski definition) is 3. The summed E-state index contributed by atoms with van der Waals surface area (Å²) < 4.78 is 0. The Labute approximate surface area is 147 Å². The summed E-state index contributed by atoms with van der Waals surface area (Å²) >= 11 is 0. The van der Waals surface area contributed by atoms with Crippen molar-refractivity contribution in [1.29, 1.82) is 0 Å². The molecule has 0 unspecified atom stereocenters. The summed E-state index contributed by atoms with van der Waals surface area (Å²) in [6.45, 7) is 2.58. The van der Waals surface area contributed by atoms with Crippen molar-refractivity contribution in [1.82, 2.24) is 15.5 Å². The molecule has 2 aromatic carbocycles. The maximum Gasteiger partial charge on any atom is 0.253 e. The van der Waals surface area contributed by atoms with Crippen LogP contribution in [0.5, 0.6) is 0 Å². The van der Waals surface area contributed by atoms with E-state index in [0.29, 0.717) is 43.0 Å². The van der Waals surface area contributed by atoms with Crippen molar-refractivity contribution in [2.24, 2.45) is 0 Å². The molecule has 6 nitrogen and oxygen atoms in total. The van der Waals surface area contributed by atoms with E-state index in [2.05, 4.69) is 10.6 Å². The maximum atomic E-state index is 12.3. The Morgan fingerprint density at radius 1 is 0.960 bits per heavy atom. The zero-order valence-electron chi connectivity index (χ0n) is 13.9. The topological polar surface area (TPSA) is 87.5 Å². The van der Waals surface area contributed by atoms with Gasteiger partial charge >= 0.3 is 0 Å². The van der Waals surface area contributed by atoms with E-state index in [4.69, 9.17) is 5.73 Å². The van der Waals surface area contributed by atoms with Gasteiger partial charge in [0.2, 0.25) is 0 Å². The monoisotopic (exact) mass is 338 g/mol. The van der Waals surface area contributed by atoms with E-state index >= 15 is 0 Å². The molecule has 0 aromatic heterocycles. The lowest BCUT2D eigenvalue weighted by Gasteiger charge is -2.39. The van der Waals surface area contributed by atoms with Crippen LogP contribution in [0.25, 0.3) is 0 Å². The Balaban J connectivity index is 1.33. The molecule has 1 heterocycles. The van der Waals surface area contributed by atoms with Gasteiger partial charge in [0.25, 0.3) is 11.8 Å². The molecule has 25 heavy (non-hydrogen) atoms. The van der Waals surface area contributed by atoms with E-state index in [1.54, 1.807) is 41.3 Å². The first kappa shape index (κ1) is 17.0. The Morgan fingerprint density at radius 3 is 2.32 bits per heavy atom. The van der Waals surface area contributed by atoms with Crippen LogP contribution in [-0.4, -0.2) is 48.9 Å². The number of likely N-dealkylation sites (tertiary alicyclic amines) is 1. The van der Waals surface area contributed by atoms with E-state index < -0.39 is 0 Å². The fourth-order valence-corrected chi connectivity index (χ4v) is 2.73. The Morgan fingerprint density at radius 2 is 1.64 bits per heavy atom. The summed E-state index contributed by atoms with van der Waals surface area (Å²) in [5.41, 5.74) is 7.60. The third kappa shape index (κ3) is 4.36. The molecular weight excluding hydrogens is 316 g/mol. The first-order chi connectivity index (χ1) is 12.1. The molecule has 0 bridgehead atoms. The molecule has 130 valence electrons. The number of rotatable bonds is 6. The van der Waals surface area contributed by atoms with Crippen LogP contribution in [0.1, 0.15) is 20.7 Å². The lowest BCUT2D eigenvalue weighted by atomic mass is 10.1. The highest BCUT2D eigenvalue weighted by Crippen LogP contribution is 2.14. The Hall–Kier alpha value is -2.86. The minimum absolute atomic E-state index is 0.0235. The van der Waals surface area contributed by atoms with Gasteiger partial charge in [-0.2, -0.15) is 0 Å². The van der Waals surface area contributed by atoms with Crippen molar-refractivity contribution < 1.29 is 9.59 Å². The van der Waals surface area contributed by atoms with Crippen LogP contribution in [0.2, 0.25) is 0 Å². The van der Waals surface area contributed by atoms with Crippen molar-refractivity contribution in [3.8, 4) is 0 Å². The summed E-state index contributed by atoms with van der Waals surface area (Å²) in [4.78, 5) is 26.0. The number of hydrogen-bond acceptors (Lipinski definition) is 4. The predicted octanol–water partition coefficient (Wildman–Crippen LogP) is 1.11. The lowest BCUT2D eigenvalue weighted by Crippen LogP contribution is -2.60. The van der Waals surface area contributed by atoms with Gasteiger partial charge in [-0.25, -0.2) is 0 Å². The lowest BCUT2D eigenvalue weighted by molar-refractivity contribution is 0.0569. The average Bonchev–Trinajstić information content (AvgIpc) is 2.60. The van der Waals surface area contributed by atoms with Gasteiger partial charge in [0.1, 0.15) is 0 Å². The molecule has 0 saturated carbocycles. The smallest absolute Gasteiger partial charge is 0.253 e. The number of benzene rings is 2. The predicted molar refractivity (Wildman–Crippen MR) is 97.3 cm³/mol. The SMILES string of the molecule is Nc1ccc(C(=O)N2CC(NCCNC(=O)c3ccccc3)C2)cc1. The van der Waals surface area contributed by atoms with E-state index in [1.165, 1.54) is 0 Å². The molecule has 1 aliphatic heterocycles. The van der Waals surface area contributed by atoms with E-state index in [-0.39, 0.29) is 17.9 Å². The first-order valence-corrected chi connectivity index (χ1v) is 8.35. The van der Waals surface area contributed by atoms with Gasteiger partial charge in [0, 0.05) is 49.0 Å². The highest BCUT2D eigenvalue weighted by molar-refractivity contribution is 5.95. The third-order valence-electron chi connectivity index (χ3n) is 4.21. The zero-order chi connectivity index (χ0) is 17.6. The molecule has 0 aliphatic carbocycles. The van der Waals surface area contributed by atoms with Crippen LogP contribution in [0.4, 0.5) is 5.69 Å². The molecule has 0 spiro atoms. The van der Waals surface area contributed by atoms with Crippen LogP contribution in [-0.2, 0) is 0 Å². The second-order valence-corrected chi connectivity index (χ2v) is 6.11. The van der Waals surface area contributed by atoms with Crippen molar-refractivity contribution in [3.63, 3.8) is 0 Å². The van der Waals surface area contributed by atoms with Gasteiger partial charge in [-0.3, -0.25) is 9.59 Å². The number of anilines is 1. The van der Waals surface area contributed by atoms with Crippen LogP contribution >= 0.6 is 0 Å². The van der Waals surface area contributed by atoms with Gasteiger partial charge in [-0.05, 0) is 36.4 Å². The van der Waals surface area contributed by atoms with E-state index in [9.17, 15) is 9.59 Å². The quantitative estimate of drug-likeness (QED) is 0.544. The summed E-state index contributed by atoms with van der Waals surface area (Å²) in [5.74, 6) is -0.0494. The number of nitrogen functional groups attached to an aromatic ring is 1. The number of nitrogens with two attached hydrogens (primary N) is 1. The Bertz CT molecular complexity index is 725. The number of nitrogens with one attached hydrogen (secondary N) is 2. The molecule has 2 amide bonds. The molecule has 1 fully saturated rings. The molecule has 1 saturated heterocycles. The number of nitrogens with zero attached hydrogens (tertiary/aromatic N) is 1. The first-order valence-electron chi connectivity index (χ1n) is 8.35. The van der Waals surface area contributed by atoms with Crippen molar-refractivity contribution in [2.45, 2.75) is 6.04 Å². The van der Waals surface area contributed by atoms with Crippen molar-refractivity contribution in [3.05, 3.63) is 65.7 Å². The molecule has 3 rings (SSSR count). The van der Waals surface area contributed by atoms with Crippen LogP contribution in [0.3, 0.4) is 0 Å².